The van der Waals surface area contributed by atoms with Crippen LogP contribution in [0.5, 0.6) is 0 Å². The van der Waals surface area contributed by atoms with Crippen LogP contribution in [-0.4, -0.2) is 38.2 Å². The molecular weight excluding hydrogens is 410 g/mol. The van der Waals surface area contributed by atoms with Crippen LogP contribution >= 0.6 is 0 Å². The average Bonchev–Trinajstić information content (AvgIpc) is 2.82. The fourth-order valence-electron chi connectivity index (χ4n) is 4.92. The molecule has 33 heavy (non-hydrogen) atoms. The van der Waals surface area contributed by atoms with Gasteiger partial charge in [0.1, 0.15) is 5.82 Å². The molecule has 2 aromatic heterocycles. The second-order valence-electron chi connectivity index (χ2n) is 9.78. The van der Waals surface area contributed by atoms with Gasteiger partial charge in [0, 0.05) is 24.5 Å². The second-order valence-corrected chi connectivity index (χ2v) is 9.78. The third kappa shape index (κ3) is 6.76. The van der Waals surface area contributed by atoms with Crippen molar-refractivity contribution in [2.24, 2.45) is 0 Å². The lowest BCUT2D eigenvalue weighted by Crippen LogP contribution is -2.29. The molecule has 0 saturated heterocycles. The summed E-state index contributed by atoms with van der Waals surface area (Å²) in [5.74, 6) is 1.47. The molecule has 0 radical (unpaired) electrons. The number of pyridine rings is 1. The lowest BCUT2D eigenvalue weighted by molar-refractivity contribution is 0.126. The molecule has 2 saturated carbocycles. The van der Waals surface area contributed by atoms with Gasteiger partial charge < -0.3 is 15.7 Å². The van der Waals surface area contributed by atoms with E-state index in [1.54, 1.807) is 0 Å². The van der Waals surface area contributed by atoms with E-state index in [1.807, 2.05) is 12.4 Å². The molecular formula is C27H39N5O. The summed E-state index contributed by atoms with van der Waals surface area (Å²) in [5, 5.41) is 17.0. The molecule has 4 rings (SSSR count). The highest BCUT2D eigenvalue weighted by Gasteiger charge is 2.21. The van der Waals surface area contributed by atoms with Crippen LogP contribution in [0.3, 0.4) is 0 Å². The predicted molar refractivity (Wildman–Crippen MR) is 136 cm³/mol. The first-order valence-electron chi connectivity index (χ1n) is 12.8. The maximum Gasteiger partial charge on any atom is 0.224 e. The monoisotopic (exact) mass is 449 g/mol. The van der Waals surface area contributed by atoms with Crippen molar-refractivity contribution in [3.63, 3.8) is 0 Å². The van der Waals surface area contributed by atoms with Crippen LogP contribution in [0, 0.1) is 0 Å². The first-order valence-corrected chi connectivity index (χ1v) is 12.8. The number of aliphatic hydroxyl groups excluding tert-OH is 1. The van der Waals surface area contributed by atoms with Crippen molar-refractivity contribution >= 4 is 17.8 Å². The van der Waals surface area contributed by atoms with Crippen molar-refractivity contribution in [1.82, 2.24) is 15.0 Å². The fraction of sp³-hybridized carbons (Fsp3) is 0.593. The van der Waals surface area contributed by atoms with Gasteiger partial charge in [-0.25, -0.2) is 4.98 Å². The van der Waals surface area contributed by atoms with Crippen molar-refractivity contribution in [2.75, 3.05) is 10.6 Å². The molecule has 0 amide bonds. The highest BCUT2D eigenvalue weighted by Crippen LogP contribution is 2.30. The molecule has 2 fully saturated rings. The molecule has 0 bridgehead atoms. The second kappa shape index (κ2) is 11.6. The molecule has 0 spiro atoms. The maximum atomic E-state index is 9.88. The minimum atomic E-state index is -0.174. The average molecular weight is 450 g/mol. The zero-order valence-electron chi connectivity index (χ0n) is 20.2. The van der Waals surface area contributed by atoms with Crippen LogP contribution in [-0.2, 0) is 0 Å². The molecule has 1 atom stereocenters. The number of aromatic nitrogens is 3. The van der Waals surface area contributed by atoms with E-state index < -0.39 is 0 Å². The van der Waals surface area contributed by atoms with Gasteiger partial charge in [0.2, 0.25) is 5.95 Å². The zero-order chi connectivity index (χ0) is 23.0. The number of nitrogens with zero attached hydrogens (tertiary/aromatic N) is 3. The van der Waals surface area contributed by atoms with Crippen LogP contribution in [0.1, 0.15) is 90.0 Å². The normalized spacial score (nSPS) is 22.0. The van der Waals surface area contributed by atoms with Gasteiger partial charge in [-0.2, -0.15) is 4.98 Å². The summed E-state index contributed by atoms with van der Waals surface area (Å²) in [7, 11) is 0. The summed E-state index contributed by atoms with van der Waals surface area (Å²) in [6, 6.07) is 4.86. The van der Waals surface area contributed by atoms with E-state index in [0.29, 0.717) is 18.0 Å². The van der Waals surface area contributed by atoms with Gasteiger partial charge in [-0.05, 0) is 76.3 Å². The van der Waals surface area contributed by atoms with Gasteiger partial charge in [-0.3, -0.25) is 4.98 Å². The van der Waals surface area contributed by atoms with Gasteiger partial charge in [-0.1, -0.05) is 37.5 Å². The summed E-state index contributed by atoms with van der Waals surface area (Å²) in [4.78, 5) is 14.2. The lowest BCUT2D eigenvalue weighted by atomic mass is 9.93. The standard InChI is InChI=1S/C27H39N5O/c1-3-7-19(2)30-27-29-18-24(26(32-27)31-22-11-13-23(33)14-12-22)25-15-10-21(17-28-25)16-20-8-5-4-6-9-20/h10,15-19,22-23,33H,3-9,11-14H2,1-2H3,(H2,29,30,31,32)/t19-,22?,23?/m0/s1. The van der Waals surface area contributed by atoms with E-state index >= 15 is 0 Å². The van der Waals surface area contributed by atoms with Crippen molar-refractivity contribution in [1.29, 1.82) is 0 Å². The third-order valence-electron chi connectivity index (χ3n) is 6.85. The fourth-order valence-corrected chi connectivity index (χ4v) is 4.92. The number of nitrogens with one attached hydrogen (secondary N) is 2. The summed E-state index contributed by atoms with van der Waals surface area (Å²) >= 11 is 0. The number of anilines is 2. The van der Waals surface area contributed by atoms with Crippen LogP contribution in [0.15, 0.2) is 30.1 Å². The maximum absolute atomic E-state index is 9.88. The molecule has 2 aliphatic carbocycles. The predicted octanol–water partition coefficient (Wildman–Crippen LogP) is 6.20. The first-order chi connectivity index (χ1) is 16.1. The molecule has 3 N–H and O–H groups in total. The smallest absolute Gasteiger partial charge is 0.224 e. The van der Waals surface area contributed by atoms with Crippen LogP contribution in [0.4, 0.5) is 11.8 Å². The van der Waals surface area contributed by atoms with E-state index in [4.69, 9.17) is 9.97 Å². The van der Waals surface area contributed by atoms with Crippen molar-refractivity contribution in [3.8, 4) is 11.3 Å². The van der Waals surface area contributed by atoms with Gasteiger partial charge in [0.25, 0.3) is 0 Å². The summed E-state index contributed by atoms with van der Waals surface area (Å²) in [6.07, 6.45) is 18.1. The minimum Gasteiger partial charge on any atom is -0.393 e. The van der Waals surface area contributed by atoms with Crippen molar-refractivity contribution in [3.05, 3.63) is 35.7 Å². The van der Waals surface area contributed by atoms with Crippen LogP contribution < -0.4 is 10.6 Å². The number of hydrogen-bond donors (Lipinski definition) is 3. The van der Waals surface area contributed by atoms with Gasteiger partial charge >= 0.3 is 0 Å². The van der Waals surface area contributed by atoms with Gasteiger partial charge in [0.15, 0.2) is 0 Å². The molecule has 6 heteroatoms. The Morgan fingerprint density at radius 1 is 1.06 bits per heavy atom. The summed E-state index contributed by atoms with van der Waals surface area (Å²) < 4.78 is 0. The van der Waals surface area contributed by atoms with Crippen molar-refractivity contribution < 1.29 is 5.11 Å². The molecule has 6 nitrogen and oxygen atoms in total. The molecule has 2 aromatic rings. The number of allylic oxidation sites excluding steroid dienone is 1. The van der Waals surface area contributed by atoms with Crippen LogP contribution in [0.2, 0.25) is 0 Å². The van der Waals surface area contributed by atoms with Gasteiger partial charge in [-0.15, -0.1) is 0 Å². The Bertz CT molecular complexity index is 911. The first kappa shape index (κ1) is 23.7. The molecule has 0 aliphatic heterocycles. The topological polar surface area (TPSA) is 83.0 Å². The van der Waals surface area contributed by atoms with E-state index in [1.165, 1.54) is 43.2 Å². The minimum absolute atomic E-state index is 0.174. The van der Waals surface area contributed by atoms with Crippen molar-refractivity contribution in [2.45, 2.75) is 103 Å². The summed E-state index contributed by atoms with van der Waals surface area (Å²) in [5.41, 5.74) is 4.51. The Balaban J connectivity index is 1.56. The highest BCUT2D eigenvalue weighted by atomic mass is 16.3. The molecule has 2 aliphatic rings. The zero-order valence-corrected chi connectivity index (χ0v) is 20.2. The van der Waals surface area contributed by atoms with E-state index in [2.05, 4.69) is 47.7 Å². The number of aliphatic hydroxyl groups is 1. The highest BCUT2D eigenvalue weighted by molar-refractivity contribution is 5.73. The number of hydrogen-bond acceptors (Lipinski definition) is 6. The third-order valence-corrected chi connectivity index (χ3v) is 6.85. The largest absolute Gasteiger partial charge is 0.393 e. The Morgan fingerprint density at radius 3 is 2.55 bits per heavy atom. The lowest BCUT2D eigenvalue weighted by Gasteiger charge is -2.27. The van der Waals surface area contributed by atoms with E-state index in [0.717, 1.165) is 55.6 Å². The Kier molecular flexibility index (Phi) is 8.32. The van der Waals surface area contributed by atoms with Gasteiger partial charge in [0.05, 0.1) is 17.4 Å². The number of rotatable bonds is 8. The molecule has 0 unspecified atom stereocenters. The Labute approximate surface area is 198 Å². The molecule has 0 aromatic carbocycles. The quantitative estimate of drug-likeness (QED) is 0.445. The summed E-state index contributed by atoms with van der Waals surface area (Å²) in [6.45, 7) is 4.35. The SMILES string of the molecule is CCC[C@H](C)Nc1ncc(-c2ccc(C=C3CCCCC3)cn2)c(NC2CCC(O)CC2)n1. The molecule has 178 valence electrons. The Morgan fingerprint density at radius 2 is 1.85 bits per heavy atom. The molecule has 2 heterocycles. The van der Waals surface area contributed by atoms with Crippen LogP contribution in [0.25, 0.3) is 17.3 Å². The Hall–Kier alpha value is -2.47. The van der Waals surface area contributed by atoms with E-state index in [-0.39, 0.29) is 6.10 Å². The van der Waals surface area contributed by atoms with E-state index in [9.17, 15) is 5.11 Å².